The van der Waals surface area contributed by atoms with E-state index in [9.17, 15) is 0 Å². The standard InChI is InChI=1S/C11H14S3/c1-2-8-13-11(12)14-9-10-6-4-3-5-7-10/h3-7H,2,8-9H2,1H3. The van der Waals surface area contributed by atoms with Crippen molar-refractivity contribution in [2.24, 2.45) is 0 Å². The molecule has 0 aliphatic carbocycles. The summed E-state index contributed by atoms with van der Waals surface area (Å²) in [6.07, 6.45) is 1.19. The minimum Gasteiger partial charge on any atom is -0.108 e. The zero-order valence-corrected chi connectivity index (χ0v) is 10.7. The van der Waals surface area contributed by atoms with Crippen LogP contribution in [0.5, 0.6) is 0 Å². The summed E-state index contributed by atoms with van der Waals surface area (Å²) in [6.45, 7) is 2.18. The summed E-state index contributed by atoms with van der Waals surface area (Å²) in [5.74, 6) is 2.14. The lowest BCUT2D eigenvalue weighted by Crippen LogP contribution is -1.86. The van der Waals surface area contributed by atoms with Gasteiger partial charge in [0.05, 0.1) is 0 Å². The molecule has 0 spiro atoms. The SMILES string of the molecule is CCCSC(=S)SCc1ccccc1. The second-order valence-electron chi connectivity index (χ2n) is 2.87. The van der Waals surface area contributed by atoms with Crippen LogP contribution in [0, 0.1) is 0 Å². The topological polar surface area (TPSA) is 0 Å². The molecule has 1 aromatic rings. The van der Waals surface area contributed by atoms with Crippen LogP contribution < -0.4 is 0 Å². The van der Waals surface area contributed by atoms with E-state index in [1.54, 1.807) is 23.5 Å². The molecule has 0 aliphatic rings. The fourth-order valence-electron chi connectivity index (χ4n) is 0.944. The van der Waals surface area contributed by atoms with Crippen LogP contribution >= 0.6 is 35.7 Å². The zero-order valence-electron chi connectivity index (χ0n) is 8.23. The third-order valence-corrected chi connectivity index (χ3v) is 4.60. The van der Waals surface area contributed by atoms with E-state index >= 15 is 0 Å². The molecular weight excluding hydrogens is 228 g/mol. The van der Waals surface area contributed by atoms with Crippen molar-refractivity contribution >= 4 is 39.3 Å². The van der Waals surface area contributed by atoms with Crippen molar-refractivity contribution < 1.29 is 0 Å². The second-order valence-corrected chi connectivity index (χ2v) is 6.15. The average molecular weight is 242 g/mol. The van der Waals surface area contributed by atoms with Gasteiger partial charge in [0.25, 0.3) is 0 Å². The Morgan fingerprint density at radius 2 is 1.93 bits per heavy atom. The molecular formula is C11H14S3. The molecule has 14 heavy (non-hydrogen) atoms. The molecule has 0 heterocycles. The van der Waals surface area contributed by atoms with Gasteiger partial charge in [-0.2, -0.15) is 0 Å². The third-order valence-electron chi connectivity index (χ3n) is 1.62. The van der Waals surface area contributed by atoms with E-state index in [1.165, 1.54) is 12.0 Å². The molecule has 0 atom stereocenters. The first-order chi connectivity index (χ1) is 6.83. The lowest BCUT2D eigenvalue weighted by Gasteiger charge is -2.02. The average Bonchev–Trinajstić information content (AvgIpc) is 2.25. The van der Waals surface area contributed by atoms with Gasteiger partial charge >= 0.3 is 0 Å². The molecule has 0 radical (unpaired) electrons. The van der Waals surface area contributed by atoms with Crippen LogP contribution in [0.15, 0.2) is 30.3 Å². The van der Waals surface area contributed by atoms with Gasteiger partial charge in [0.1, 0.15) is 3.53 Å². The smallest absolute Gasteiger partial charge is 0.104 e. The molecule has 0 aliphatic heterocycles. The van der Waals surface area contributed by atoms with Gasteiger partial charge in [0.15, 0.2) is 0 Å². The van der Waals surface area contributed by atoms with Crippen molar-refractivity contribution in [2.45, 2.75) is 19.1 Å². The normalized spacial score (nSPS) is 10.1. The van der Waals surface area contributed by atoms with Crippen LogP contribution in [-0.2, 0) is 5.75 Å². The molecule has 0 N–H and O–H groups in total. The minimum absolute atomic E-state index is 0.996. The number of hydrogen-bond donors (Lipinski definition) is 0. The summed E-state index contributed by atoms with van der Waals surface area (Å²) in [6, 6.07) is 10.5. The Bertz CT molecular complexity index is 269. The van der Waals surface area contributed by atoms with Crippen molar-refractivity contribution in [3.8, 4) is 0 Å². The lowest BCUT2D eigenvalue weighted by molar-refractivity contribution is 1.11. The van der Waals surface area contributed by atoms with Gasteiger partial charge in [-0.15, -0.1) is 23.5 Å². The highest BCUT2D eigenvalue weighted by Gasteiger charge is 1.98. The molecule has 1 rings (SSSR count). The van der Waals surface area contributed by atoms with Crippen LogP contribution in [0.25, 0.3) is 0 Å². The largest absolute Gasteiger partial charge is 0.108 e. The van der Waals surface area contributed by atoms with Gasteiger partial charge in [-0.05, 0) is 17.7 Å². The Morgan fingerprint density at radius 1 is 1.21 bits per heavy atom. The van der Waals surface area contributed by atoms with Gasteiger partial charge in [-0.25, -0.2) is 0 Å². The molecule has 3 heteroatoms. The van der Waals surface area contributed by atoms with Crippen molar-refractivity contribution in [1.29, 1.82) is 0 Å². The van der Waals surface area contributed by atoms with Gasteiger partial charge in [-0.3, -0.25) is 0 Å². The van der Waals surface area contributed by atoms with Crippen molar-refractivity contribution in [3.05, 3.63) is 35.9 Å². The van der Waals surface area contributed by atoms with E-state index in [2.05, 4.69) is 31.2 Å². The van der Waals surface area contributed by atoms with Crippen molar-refractivity contribution in [2.75, 3.05) is 5.75 Å². The van der Waals surface area contributed by atoms with Crippen molar-refractivity contribution in [3.63, 3.8) is 0 Å². The van der Waals surface area contributed by atoms with E-state index in [0.29, 0.717) is 0 Å². The van der Waals surface area contributed by atoms with Crippen LogP contribution in [-0.4, -0.2) is 9.28 Å². The van der Waals surface area contributed by atoms with Gasteiger partial charge in [0.2, 0.25) is 0 Å². The molecule has 0 nitrogen and oxygen atoms in total. The Labute approximate surface area is 99.9 Å². The molecule has 0 bridgehead atoms. The number of thiocarbonyl (C=S) groups is 1. The molecule has 0 aromatic heterocycles. The summed E-state index contributed by atoms with van der Waals surface area (Å²) in [5, 5.41) is 0. The predicted octanol–water partition coefficient (Wildman–Crippen LogP) is 4.35. The highest BCUT2D eigenvalue weighted by molar-refractivity contribution is 8.46. The molecule has 0 saturated heterocycles. The first kappa shape index (κ1) is 12.1. The highest BCUT2D eigenvalue weighted by Crippen LogP contribution is 2.21. The zero-order chi connectivity index (χ0) is 10.2. The summed E-state index contributed by atoms with van der Waals surface area (Å²) in [5.41, 5.74) is 1.34. The van der Waals surface area contributed by atoms with Crippen LogP contribution in [0.1, 0.15) is 18.9 Å². The Hall–Kier alpha value is 0.01000. The molecule has 0 fully saturated rings. The summed E-state index contributed by atoms with van der Waals surface area (Å²) in [4.78, 5) is 0. The van der Waals surface area contributed by atoms with Crippen molar-refractivity contribution in [1.82, 2.24) is 0 Å². The van der Waals surface area contributed by atoms with E-state index in [-0.39, 0.29) is 0 Å². The number of hydrogen-bond acceptors (Lipinski definition) is 3. The van der Waals surface area contributed by atoms with E-state index in [0.717, 1.165) is 15.0 Å². The monoisotopic (exact) mass is 242 g/mol. The first-order valence-corrected chi connectivity index (χ1v) is 7.04. The molecule has 76 valence electrons. The lowest BCUT2D eigenvalue weighted by atomic mass is 10.2. The fraction of sp³-hybridized carbons (Fsp3) is 0.364. The molecule has 1 aromatic carbocycles. The van der Waals surface area contributed by atoms with E-state index in [4.69, 9.17) is 12.2 Å². The quantitative estimate of drug-likeness (QED) is 0.721. The Kier molecular flexibility index (Phi) is 6.32. The second kappa shape index (κ2) is 7.32. The number of benzene rings is 1. The summed E-state index contributed by atoms with van der Waals surface area (Å²) in [7, 11) is 0. The van der Waals surface area contributed by atoms with Crippen LogP contribution in [0.4, 0.5) is 0 Å². The molecule has 0 saturated carbocycles. The maximum absolute atomic E-state index is 5.24. The van der Waals surface area contributed by atoms with Crippen LogP contribution in [0.3, 0.4) is 0 Å². The third kappa shape index (κ3) is 5.03. The molecule has 0 unspecified atom stereocenters. The fourth-order valence-corrected chi connectivity index (χ4v) is 2.98. The maximum Gasteiger partial charge on any atom is 0.104 e. The molecule has 0 amide bonds. The van der Waals surface area contributed by atoms with Crippen LogP contribution in [0.2, 0.25) is 0 Å². The Balaban J connectivity index is 2.24. The van der Waals surface area contributed by atoms with E-state index < -0.39 is 0 Å². The number of thioether (sulfide) groups is 2. The first-order valence-electron chi connectivity index (χ1n) is 4.66. The maximum atomic E-state index is 5.24. The van der Waals surface area contributed by atoms with Gasteiger partial charge in [0, 0.05) is 5.75 Å². The summed E-state index contributed by atoms with van der Waals surface area (Å²) >= 11 is 8.80. The Morgan fingerprint density at radius 3 is 2.57 bits per heavy atom. The van der Waals surface area contributed by atoms with E-state index in [1.807, 2.05) is 6.07 Å². The summed E-state index contributed by atoms with van der Waals surface area (Å²) < 4.78 is 1.07. The van der Waals surface area contributed by atoms with Gasteiger partial charge < -0.3 is 0 Å². The van der Waals surface area contributed by atoms with Gasteiger partial charge in [-0.1, -0.05) is 49.5 Å². The number of rotatable bonds is 4. The minimum atomic E-state index is 0.996. The highest BCUT2D eigenvalue weighted by atomic mass is 32.2. The predicted molar refractivity (Wildman–Crippen MR) is 73.1 cm³/mol.